The van der Waals surface area contributed by atoms with E-state index in [0.717, 1.165) is 17.8 Å². The Bertz CT molecular complexity index is 469. The lowest BCUT2D eigenvalue weighted by Crippen LogP contribution is -2.11. The average Bonchev–Trinajstić information content (AvgIpc) is 2.74. The number of hydrogen-bond acceptors (Lipinski definition) is 3. The van der Waals surface area contributed by atoms with Gasteiger partial charge in [0.1, 0.15) is 5.76 Å². The van der Waals surface area contributed by atoms with E-state index in [4.69, 9.17) is 10.00 Å². The quantitative estimate of drug-likeness (QED) is 0.555. The van der Waals surface area contributed by atoms with Crippen LogP contribution < -0.4 is 0 Å². The number of fused-ring (bicyclic) bond motifs is 5. The average molecular weight is 245 g/mol. The zero-order valence-corrected chi connectivity index (χ0v) is 11.1. The van der Waals surface area contributed by atoms with Gasteiger partial charge in [-0.25, -0.2) is 0 Å². The molecular weight excluding hydrogens is 226 g/mol. The van der Waals surface area contributed by atoms with Crippen LogP contribution >= 0.6 is 0 Å². The standard InChI is InChI=1S/C15H19NO2/c1-7(2)15(18-8(3)17)14-12-9-4-10(6-16)11(5-9)13(12)14/h9-14H,4-5H2,1-3H3/t9-,10+,11-,12+,13-,14-/m0/s1. The van der Waals surface area contributed by atoms with Crippen LogP contribution in [0.5, 0.6) is 0 Å². The van der Waals surface area contributed by atoms with E-state index in [1.807, 2.05) is 13.8 Å². The molecule has 0 N–H and O–H groups in total. The Labute approximate surface area is 108 Å². The van der Waals surface area contributed by atoms with E-state index < -0.39 is 0 Å². The topological polar surface area (TPSA) is 50.1 Å². The Morgan fingerprint density at radius 3 is 2.50 bits per heavy atom. The van der Waals surface area contributed by atoms with Crippen LogP contribution in [-0.4, -0.2) is 5.97 Å². The molecule has 3 saturated carbocycles. The number of allylic oxidation sites excluding steroid dienone is 2. The molecule has 18 heavy (non-hydrogen) atoms. The van der Waals surface area contributed by atoms with Crippen LogP contribution in [0.15, 0.2) is 11.3 Å². The summed E-state index contributed by atoms with van der Waals surface area (Å²) < 4.78 is 5.42. The molecular formula is C15H19NO2. The van der Waals surface area contributed by atoms with Crippen molar-refractivity contribution in [2.75, 3.05) is 0 Å². The summed E-state index contributed by atoms with van der Waals surface area (Å²) in [6.07, 6.45) is 2.29. The van der Waals surface area contributed by atoms with Gasteiger partial charge in [-0.15, -0.1) is 0 Å². The summed E-state index contributed by atoms with van der Waals surface area (Å²) in [7, 11) is 0. The van der Waals surface area contributed by atoms with E-state index in [2.05, 4.69) is 6.07 Å². The highest BCUT2D eigenvalue weighted by Crippen LogP contribution is 2.72. The summed E-state index contributed by atoms with van der Waals surface area (Å²) in [6.45, 7) is 5.49. The number of ether oxygens (including phenoxy) is 1. The zero-order chi connectivity index (χ0) is 13.0. The number of rotatable bonds is 2. The van der Waals surface area contributed by atoms with Gasteiger partial charge in [-0.05, 0) is 55.9 Å². The van der Waals surface area contributed by atoms with Crippen molar-refractivity contribution in [3.8, 4) is 6.07 Å². The molecule has 0 heterocycles. The smallest absolute Gasteiger partial charge is 0.307 e. The maximum absolute atomic E-state index is 11.2. The minimum absolute atomic E-state index is 0.222. The van der Waals surface area contributed by atoms with Crippen LogP contribution in [0.2, 0.25) is 0 Å². The number of hydrogen-bond donors (Lipinski definition) is 0. The molecule has 3 nitrogen and oxygen atoms in total. The normalized spacial score (nSPS) is 43.0. The summed E-state index contributed by atoms with van der Waals surface area (Å²) in [5.74, 6) is 3.88. The molecule has 0 unspecified atom stereocenters. The van der Waals surface area contributed by atoms with Crippen LogP contribution in [0.3, 0.4) is 0 Å². The third-order valence-corrected chi connectivity index (χ3v) is 5.04. The first-order valence-corrected chi connectivity index (χ1v) is 6.80. The molecule has 2 bridgehead atoms. The van der Waals surface area contributed by atoms with Crippen LogP contribution in [-0.2, 0) is 9.53 Å². The van der Waals surface area contributed by atoms with Crippen LogP contribution in [0.25, 0.3) is 0 Å². The van der Waals surface area contributed by atoms with Gasteiger partial charge in [0, 0.05) is 18.8 Å². The van der Waals surface area contributed by atoms with Crippen molar-refractivity contribution in [3.05, 3.63) is 11.3 Å². The van der Waals surface area contributed by atoms with Crippen LogP contribution in [0, 0.1) is 46.8 Å². The monoisotopic (exact) mass is 245 g/mol. The first-order chi connectivity index (χ1) is 8.54. The molecule has 96 valence electrons. The molecule has 0 spiro atoms. The Hall–Kier alpha value is -1.30. The van der Waals surface area contributed by atoms with Crippen LogP contribution in [0.4, 0.5) is 0 Å². The minimum atomic E-state index is -0.222. The van der Waals surface area contributed by atoms with Crippen molar-refractivity contribution in [1.29, 1.82) is 5.26 Å². The van der Waals surface area contributed by atoms with Gasteiger partial charge in [-0.2, -0.15) is 5.26 Å². The summed E-state index contributed by atoms with van der Waals surface area (Å²) in [5, 5.41) is 9.16. The molecule has 3 fully saturated rings. The van der Waals surface area contributed by atoms with Crippen molar-refractivity contribution in [3.63, 3.8) is 0 Å². The lowest BCUT2D eigenvalue weighted by molar-refractivity contribution is -0.137. The van der Waals surface area contributed by atoms with Gasteiger partial charge < -0.3 is 4.74 Å². The lowest BCUT2D eigenvalue weighted by Gasteiger charge is -2.14. The predicted molar refractivity (Wildman–Crippen MR) is 65.9 cm³/mol. The highest BCUT2D eigenvalue weighted by Gasteiger charge is 2.69. The van der Waals surface area contributed by atoms with Crippen LogP contribution in [0.1, 0.15) is 33.6 Å². The molecule has 0 aromatic rings. The summed E-state index contributed by atoms with van der Waals surface area (Å²) in [5.41, 5.74) is 1.11. The second-order valence-electron chi connectivity index (χ2n) is 6.27. The van der Waals surface area contributed by atoms with E-state index in [0.29, 0.717) is 29.6 Å². The highest BCUT2D eigenvalue weighted by atomic mass is 16.5. The number of nitriles is 1. The molecule has 3 rings (SSSR count). The molecule has 0 amide bonds. The molecule has 3 aliphatic rings. The molecule has 0 aliphatic heterocycles. The largest absolute Gasteiger partial charge is 0.431 e. The second kappa shape index (κ2) is 3.85. The van der Waals surface area contributed by atoms with Crippen molar-refractivity contribution in [1.82, 2.24) is 0 Å². The summed E-state index contributed by atoms with van der Waals surface area (Å²) in [4.78, 5) is 11.2. The lowest BCUT2D eigenvalue weighted by atomic mass is 9.90. The van der Waals surface area contributed by atoms with Gasteiger partial charge in [0.25, 0.3) is 0 Å². The first kappa shape index (κ1) is 11.8. The fourth-order valence-corrected chi connectivity index (χ4v) is 4.53. The van der Waals surface area contributed by atoms with Gasteiger partial charge in [0.05, 0.1) is 6.07 Å². The fourth-order valence-electron chi connectivity index (χ4n) is 4.53. The maximum Gasteiger partial charge on any atom is 0.307 e. The Kier molecular flexibility index (Phi) is 2.52. The number of carbonyl (C=O) groups excluding carboxylic acids is 1. The van der Waals surface area contributed by atoms with E-state index in [9.17, 15) is 4.79 Å². The van der Waals surface area contributed by atoms with Crippen molar-refractivity contribution in [2.24, 2.45) is 35.5 Å². The van der Waals surface area contributed by atoms with Crippen molar-refractivity contribution < 1.29 is 9.53 Å². The van der Waals surface area contributed by atoms with E-state index in [-0.39, 0.29) is 11.9 Å². The second-order valence-corrected chi connectivity index (χ2v) is 6.27. The molecule has 0 aromatic heterocycles. The van der Waals surface area contributed by atoms with Gasteiger partial charge in [0.15, 0.2) is 0 Å². The summed E-state index contributed by atoms with van der Waals surface area (Å²) in [6, 6.07) is 2.46. The molecule has 0 radical (unpaired) electrons. The Morgan fingerprint density at radius 1 is 1.22 bits per heavy atom. The molecule has 0 saturated heterocycles. The van der Waals surface area contributed by atoms with Crippen molar-refractivity contribution in [2.45, 2.75) is 33.6 Å². The van der Waals surface area contributed by atoms with E-state index in [1.54, 1.807) is 0 Å². The van der Waals surface area contributed by atoms with E-state index >= 15 is 0 Å². The fraction of sp³-hybridized carbons (Fsp3) is 0.733. The summed E-state index contributed by atoms with van der Waals surface area (Å²) >= 11 is 0. The Morgan fingerprint density at radius 2 is 1.94 bits per heavy atom. The third-order valence-electron chi connectivity index (χ3n) is 5.04. The maximum atomic E-state index is 11.2. The molecule has 0 aromatic carbocycles. The SMILES string of the molecule is CC(=O)OC(=C(C)C)[C@@H]1[C@H]2[C@H]3C[C@H](C[C@@H]3C#N)[C@@H]12. The number of esters is 1. The van der Waals surface area contributed by atoms with Gasteiger partial charge >= 0.3 is 5.97 Å². The van der Waals surface area contributed by atoms with Gasteiger partial charge in [-0.1, -0.05) is 0 Å². The molecule has 3 aliphatic carbocycles. The third kappa shape index (κ3) is 1.51. The zero-order valence-electron chi connectivity index (χ0n) is 11.1. The highest BCUT2D eigenvalue weighted by molar-refractivity contribution is 5.67. The minimum Gasteiger partial charge on any atom is -0.431 e. The van der Waals surface area contributed by atoms with Gasteiger partial charge in [-0.3, -0.25) is 4.79 Å². The molecule has 3 heteroatoms. The molecule has 6 atom stereocenters. The first-order valence-electron chi connectivity index (χ1n) is 6.80. The predicted octanol–water partition coefficient (Wildman–Crippen LogP) is 2.89. The van der Waals surface area contributed by atoms with Crippen molar-refractivity contribution >= 4 is 5.97 Å². The van der Waals surface area contributed by atoms with Gasteiger partial charge in [0.2, 0.25) is 0 Å². The number of nitrogens with zero attached hydrogens (tertiary/aromatic N) is 1. The van der Waals surface area contributed by atoms with E-state index in [1.165, 1.54) is 13.3 Å². The Balaban J connectivity index is 1.80. The number of carbonyl (C=O) groups is 1.